The van der Waals surface area contributed by atoms with Gasteiger partial charge in [0.15, 0.2) is 5.13 Å². The molecule has 1 fully saturated rings. The molecule has 0 saturated heterocycles. The van der Waals surface area contributed by atoms with Gasteiger partial charge in [-0.1, -0.05) is 19.8 Å². The van der Waals surface area contributed by atoms with Crippen LogP contribution in [-0.4, -0.2) is 24.1 Å². The second-order valence-corrected chi connectivity index (χ2v) is 6.32. The van der Waals surface area contributed by atoms with Gasteiger partial charge in [0.2, 0.25) is 0 Å². The SMILES string of the molecule is CCc1nc(N(CC)CC)sc1CNC1CCCC1. The van der Waals surface area contributed by atoms with Crippen LogP contribution in [0.4, 0.5) is 5.13 Å². The summed E-state index contributed by atoms with van der Waals surface area (Å²) in [6.07, 6.45) is 6.53. The normalized spacial score (nSPS) is 16.2. The number of nitrogens with one attached hydrogen (secondary N) is 1. The molecule has 0 amide bonds. The zero-order valence-electron chi connectivity index (χ0n) is 12.5. The minimum absolute atomic E-state index is 0.740. The molecule has 108 valence electrons. The van der Waals surface area contributed by atoms with E-state index in [1.165, 1.54) is 41.4 Å². The number of nitrogens with zero attached hydrogens (tertiary/aromatic N) is 2. The molecule has 1 aliphatic carbocycles. The highest BCUT2D eigenvalue weighted by molar-refractivity contribution is 7.15. The van der Waals surface area contributed by atoms with Gasteiger partial charge in [0.05, 0.1) is 5.69 Å². The molecule has 0 bridgehead atoms. The van der Waals surface area contributed by atoms with Gasteiger partial charge >= 0.3 is 0 Å². The Labute approximate surface area is 121 Å². The van der Waals surface area contributed by atoms with Crippen molar-refractivity contribution in [3.63, 3.8) is 0 Å². The average molecular weight is 281 g/mol. The van der Waals surface area contributed by atoms with E-state index >= 15 is 0 Å². The van der Waals surface area contributed by atoms with E-state index in [9.17, 15) is 0 Å². The molecule has 19 heavy (non-hydrogen) atoms. The molecule has 0 spiro atoms. The van der Waals surface area contributed by atoms with E-state index in [0.717, 1.165) is 32.1 Å². The molecule has 1 N–H and O–H groups in total. The minimum Gasteiger partial charge on any atom is -0.349 e. The van der Waals surface area contributed by atoms with Crippen molar-refractivity contribution in [2.75, 3.05) is 18.0 Å². The highest BCUT2D eigenvalue weighted by atomic mass is 32.1. The lowest BCUT2D eigenvalue weighted by Gasteiger charge is -2.16. The molecule has 2 rings (SSSR count). The predicted octanol–water partition coefficient (Wildman–Crippen LogP) is 3.58. The van der Waals surface area contributed by atoms with Gasteiger partial charge in [0, 0.05) is 30.6 Å². The van der Waals surface area contributed by atoms with Crippen LogP contribution in [0.1, 0.15) is 57.0 Å². The van der Waals surface area contributed by atoms with E-state index in [-0.39, 0.29) is 0 Å². The van der Waals surface area contributed by atoms with Crippen LogP contribution < -0.4 is 10.2 Å². The quantitative estimate of drug-likeness (QED) is 0.828. The molecular weight excluding hydrogens is 254 g/mol. The van der Waals surface area contributed by atoms with Crippen LogP contribution in [0, 0.1) is 0 Å². The number of hydrogen-bond donors (Lipinski definition) is 1. The highest BCUT2D eigenvalue weighted by Crippen LogP contribution is 2.27. The monoisotopic (exact) mass is 281 g/mol. The molecule has 0 aromatic carbocycles. The zero-order chi connectivity index (χ0) is 13.7. The number of rotatable bonds is 7. The van der Waals surface area contributed by atoms with Gasteiger partial charge in [-0.05, 0) is 33.1 Å². The van der Waals surface area contributed by atoms with Gasteiger partial charge in [-0.15, -0.1) is 11.3 Å². The first kappa shape index (κ1) is 14.8. The lowest BCUT2D eigenvalue weighted by Crippen LogP contribution is -2.25. The molecule has 1 aromatic rings. The van der Waals surface area contributed by atoms with Crippen molar-refractivity contribution < 1.29 is 0 Å². The van der Waals surface area contributed by atoms with Gasteiger partial charge in [-0.2, -0.15) is 0 Å². The van der Waals surface area contributed by atoms with Crippen molar-refractivity contribution in [2.24, 2.45) is 0 Å². The number of anilines is 1. The Kier molecular flexibility index (Phi) is 5.64. The van der Waals surface area contributed by atoms with Crippen molar-refractivity contribution in [1.29, 1.82) is 0 Å². The largest absolute Gasteiger partial charge is 0.349 e. The maximum absolute atomic E-state index is 4.82. The van der Waals surface area contributed by atoms with Crippen LogP contribution in [0.3, 0.4) is 0 Å². The Morgan fingerprint density at radius 2 is 1.89 bits per heavy atom. The second kappa shape index (κ2) is 7.25. The Bertz CT molecular complexity index is 379. The van der Waals surface area contributed by atoms with Crippen molar-refractivity contribution in [2.45, 2.75) is 65.5 Å². The van der Waals surface area contributed by atoms with Crippen LogP contribution in [0.5, 0.6) is 0 Å². The predicted molar refractivity (Wildman–Crippen MR) is 84.1 cm³/mol. The lowest BCUT2D eigenvalue weighted by atomic mass is 10.2. The zero-order valence-corrected chi connectivity index (χ0v) is 13.4. The number of thiazole rings is 1. The first-order valence-electron chi connectivity index (χ1n) is 7.75. The summed E-state index contributed by atoms with van der Waals surface area (Å²) in [5.74, 6) is 0. The van der Waals surface area contributed by atoms with Crippen molar-refractivity contribution in [3.05, 3.63) is 10.6 Å². The van der Waals surface area contributed by atoms with Gasteiger partial charge < -0.3 is 10.2 Å². The Hall–Kier alpha value is -0.610. The van der Waals surface area contributed by atoms with E-state index in [2.05, 4.69) is 31.0 Å². The maximum atomic E-state index is 4.82. The van der Waals surface area contributed by atoms with Gasteiger partial charge in [0.1, 0.15) is 0 Å². The third kappa shape index (κ3) is 3.69. The van der Waals surface area contributed by atoms with Crippen LogP contribution >= 0.6 is 11.3 Å². The summed E-state index contributed by atoms with van der Waals surface area (Å²) in [4.78, 5) is 8.61. The maximum Gasteiger partial charge on any atom is 0.185 e. The summed E-state index contributed by atoms with van der Waals surface area (Å²) in [7, 11) is 0. The molecule has 0 atom stereocenters. The van der Waals surface area contributed by atoms with Crippen LogP contribution in [0.25, 0.3) is 0 Å². The molecule has 0 unspecified atom stereocenters. The van der Waals surface area contributed by atoms with Crippen LogP contribution in [0.15, 0.2) is 0 Å². The average Bonchev–Trinajstić information content (AvgIpc) is 3.07. The summed E-state index contributed by atoms with van der Waals surface area (Å²) in [5, 5.41) is 4.91. The van der Waals surface area contributed by atoms with E-state index in [1.54, 1.807) is 0 Å². The number of aromatic nitrogens is 1. The molecule has 1 saturated carbocycles. The third-order valence-corrected chi connectivity index (χ3v) is 5.20. The van der Waals surface area contributed by atoms with Crippen molar-refractivity contribution in [3.8, 4) is 0 Å². The molecule has 4 heteroatoms. The number of hydrogen-bond acceptors (Lipinski definition) is 4. The summed E-state index contributed by atoms with van der Waals surface area (Å²) in [6.45, 7) is 9.71. The molecule has 1 aromatic heterocycles. The van der Waals surface area contributed by atoms with Gasteiger partial charge in [0.25, 0.3) is 0 Å². The van der Waals surface area contributed by atoms with Gasteiger partial charge in [-0.25, -0.2) is 4.98 Å². The van der Waals surface area contributed by atoms with E-state index < -0.39 is 0 Å². The van der Waals surface area contributed by atoms with Crippen LogP contribution in [0.2, 0.25) is 0 Å². The molecular formula is C15H27N3S. The molecule has 0 aliphatic heterocycles. The molecule has 3 nitrogen and oxygen atoms in total. The molecule has 1 heterocycles. The summed E-state index contributed by atoms with van der Waals surface area (Å²) in [5.41, 5.74) is 1.29. The van der Waals surface area contributed by atoms with Crippen LogP contribution in [-0.2, 0) is 13.0 Å². The first-order chi connectivity index (χ1) is 9.28. The summed E-state index contributed by atoms with van der Waals surface area (Å²) in [6, 6.07) is 0.740. The third-order valence-electron chi connectivity index (χ3n) is 4.04. The minimum atomic E-state index is 0.740. The van der Waals surface area contributed by atoms with Crippen molar-refractivity contribution in [1.82, 2.24) is 10.3 Å². The number of aryl methyl sites for hydroxylation is 1. The molecule has 0 radical (unpaired) electrons. The Balaban J connectivity index is 2.01. The fraction of sp³-hybridized carbons (Fsp3) is 0.800. The smallest absolute Gasteiger partial charge is 0.185 e. The highest BCUT2D eigenvalue weighted by Gasteiger charge is 2.17. The van der Waals surface area contributed by atoms with E-state index in [0.29, 0.717) is 0 Å². The molecule has 1 aliphatic rings. The van der Waals surface area contributed by atoms with Crippen molar-refractivity contribution >= 4 is 16.5 Å². The fourth-order valence-corrected chi connectivity index (χ4v) is 4.01. The topological polar surface area (TPSA) is 28.2 Å². The second-order valence-electron chi connectivity index (χ2n) is 5.25. The Morgan fingerprint density at radius 1 is 1.21 bits per heavy atom. The van der Waals surface area contributed by atoms with Gasteiger partial charge in [-0.3, -0.25) is 0 Å². The Morgan fingerprint density at radius 3 is 2.47 bits per heavy atom. The lowest BCUT2D eigenvalue weighted by molar-refractivity contribution is 0.525. The summed E-state index contributed by atoms with van der Waals surface area (Å²) < 4.78 is 0. The van der Waals surface area contributed by atoms with E-state index in [1.807, 2.05) is 11.3 Å². The standard InChI is InChI=1S/C15H27N3S/c1-4-13-14(11-16-12-9-7-8-10-12)19-15(17-13)18(5-2)6-3/h12,16H,4-11H2,1-3H3. The summed E-state index contributed by atoms with van der Waals surface area (Å²) >= 11 is 1.88. The fourth-order valence-electron chi connectivity index (χ4n) is 2.78. The van der Waals surface area contributed by atoms with E-state index in [4.69, 9.17) is 4.98 Å². The first-order valence-corrected chi connectivity index (χ1v) is 8.57.